The predicted molar refractivity (Wildman–Crippen MR) is 258 cm³/mol. The molecule has 0 aromatic heterocycles. The van der Waals surface area contributed by atoms with Gasteiger partial charge in [0.1, 0.15) is 13.2 Å². The maximum absolute atomic E-state index is 12.7. The second kappa shape index (κ2) is 43.2. The summed E-state index contributed by atoms with van der Waals surface area (Å²) >= 11 is 0. The van der Waals surface area contributed by atoms with Crippen molar-refractivity contribution in [3.05, 3.63) is 24.3 Å². The zero-order valence-electron chi connectivity index (χ0n) is 40.5. The van der Waals surface area contributed by atoms with E-state index in [1.807, 2.05) is 27.2 Å². The highest BCUT2D eigenvalue weighted by atomic mass is 31.2. The minimum atomic E-state index is -4.33. The third-order valence-electron chi connectivity index (χ3n) is 11.7. The molecular weight excluding hydrogens is 768 g/mol. The van der Waals surface area contributed by atoms with Crippen LogP contribution in [0.4, 0.5) is 0 Å². The Labute approximate surface area is 373 Å². The highest BCUT2D eigenvalue weighted by Crippen LogP contribution is 2.43. The number of phosphoric ester groups is 1. The van der Waals surface area contributed by atoms with Crippen LogP contribution in [0.15, 0.2) is 24.3 Å². The van der Waals surface area contributed by atoms with Crippen LogP contribution in [0.1, 0.15) is 245 Å². The number of rotatable bonds is 47. The first-order valence-electron chi connectivity index (χ1n) is 25.7. The van der Waals surface area contributed by atoms with Crippen molar-refractivity contribution in [3.63, 3.8) is 0 Å². The predicted octanol–water partition coefficient (Wildman–Crippen LogP) is 14.9. The summed E-state index contributed by atoms with van der Waals surface area (Å²) in [5.41, 5.74) is 0. The molecule has 3 unspecified atom stereocenters. The number of hydrogen-bond donors (Lipinski definition) is 3. The Kier molecular flexibility index (Phi) is 42.5. The smallest absolute Gasteiger partial charge is 0.387 e. The van der Waals surface area contributed by atoms with Gasteiger partial charge in [0.2, 0.25) is 5.91 Å². The summed E-state index contributed by atoms with van der Waals surface area (Å²) in [7, 11) is 1.56. The standard InChI is InChI=1S/C51H101N2O6P/c1-6-8-10-12-14-15-16-17-18-19-20-21-22-23-24-25-26-27-28-29-30-31-32-33-34-35-36-37-38-39-40-42-44-50(54)49(52-51(55)45-43-41-13-11-9-7-2)48-59-60(56,57)58-47-46-53(3,4)5/h37-38,42,44,49-50,54H,6-36,39-41,43,45-48H2,1-5H3,(H-,52,55,56,57)/p+1/b38-37+,44-42+. The summed E-state index contributed by atoms with van der Waals surface area (Å²) in [5, 5.41) is 13.7. The Morgan fingerprint density at radius 3 is 1.33 bits per heavy atom. The van der Waals surface area contributed by atoms with Crippen molar-refractivity contribution in [1.29, 1.82) is 0 Å². The molecule has 3 N–H and O–H groups in total. The number of unbranched alkanes of at least 4 members (excludes halogenated alkanes) is 32. The molecule has 0 fully saturated rings. The van der Waals surface area contributed by atoms with Crippen molar-refractivity contribution in [2.24, 2.45) is 0 Å². The average molecular weight is 870 g/mol. The van der Waals surface area contributed by atoms with Crippen LogP contribution < -0.4 is 5.32 Å². The Bertz CT molecular complexity index is 1030. The maximum Gasteiger partial charge on any atom is 0.472 e. The molecule has 8 nitrogen and oxygen atoms in total. The van der Waals surface area contributed by atoms with Gasteiger partial charge in [0.25, 0.3) is 0 Å². The second-order valence-corrected chi connectivity index (χ2v) is 20.4. The molecule has 0 aromatic carbocycles. The number of nitrogens with one attached hydrogen (secondary N) is 1. The molecule has 0 aliphatic heterocycles. The minimum Gasteiger partial charge on any atom is -0.387 e. The zero-order valence-corrected chi connectivity index (χ0v) is 41.4. The van der Waals surface area contributed by atoms with E-state index in [9.17, 15) is 19.4 Å². The lowest BCUT2D eigenvalue weighted by Crippen LogP contribution is -2.45. The molecule has 0 rings (SSSR count). The molecule has 1 amide bonds. The lowest BCUT2D eigenvalue weighted by atomic mass is 10.0. The van der Waals surface area contributed by atoms with Crippen LogP contribution in [-0.2, 0) is 18.4 Å². The molecule has 0 aliphatic rings. The SMILES string of the molecule is CCCCCCCCCCCCCCCCCCCCCCCCCCCC/C=C/CC/C=C/C(O)C(COP(=O)(O)OCC[N+](C)(C)C)NC(=O)CCCCCCCC. The quantitative estimate of drug-likeness (QED) is 0.0243. The van der Waals surface area contributed by atoms with Gasteiger partial charge in [-0.15, -0.1) is 0 Å². The molecule has 0 spiro atoms. The molecule has 9 heteroatoms. The van der Waals surface area contributed by atoms with Gasteiger partial charge in [-0.3, -0.25) is 13.8 Å². The number of aliphatic hydroxyl groups is 1. The Morgan fingerprint density at radius 1 is 0.550 bits per heavy atom. The number of allylic oxidation sites excluding steroid dienone is 3. The van der Waals surface area contributed by atoms with Crippen molar-refractivity contribution in [1.82, 2.24) is 5.32 Å². The van der Waals surface area contributed by atoms with Crippen molar-refractivity contribution >= 4 is 13.7 Å². The molecule has 0 bridgehead atoms. The Hall–Kier alpha value is -1.02. The molecular formula is C51H102N2O6P+. The van der Waals surface area contributed by atoms with E-state index in [2.05, 4.69) is 31.3 Å². The van der Waals surface area contributed by atoms with Crippen molar-refractivity contribution in [3.8, 4) is 0 Å². The van der Waals surface area contributed by atoms with Gasteiger partial charge in [0, 0.05) is 6.42 Å². The van der Waals surface area contributed by atoms with E-state index in [4.69, 9.17) is 9.05 Å². The van der Waals surface area contributed by atoms with E-state index in [1.54, 1.807) is 6.08 Å². The number of carbonyl (C=O) groups excluding carboxylic acids is 1. The number of amides is 1. The Balaban J connectivity index is 3.95. The fourth-order valence-electron chi connectivity index (χ4n) is 7.59. The van der Waals surface area contributed by atoms with Gasteiger partial charge < -0.3 is 19.8 Å². The molecule has 0 aromatic rings. The highest BCUT2D eigenvalue weighted by molar-refractivity contribution is 7.47. The highest BCUT2D eigenvalue weighted by Gasteiger charge is 2.27. The van der Waals surface area contributed by atoms with Crippen LogP contribution in [0.25, 0.3) is 0 Å². The first-order valence-corrected chi connectivity index (χ1v) is 27.2. The Morgan fingerprint density at radius 2 is 0.917 bits per heavy atom. The van der Waals surface area contributed by atoms with E-state index in [1.165, 1.54) is 186 Å². The number of hydrogen-bond acceptors (Lipinski definition) is 5. The number of likely N-dealkylation sites (N-methyl/N-ethyl adjacent to an activating group) is 1. The summed E-state index contributed by atoms with van der Waals surface area (Å²) in [6, 6.07) is -0.856. The normalized spacial score (nSPS) is 14.3. The number of carbonyl (C=O) groups is 1. The maximum atomic E-state index is 12.7. The summed E-state index contributed by atoms with van der Waals surface area (Å²) < 4.78 is 23.4. The van der Waals surface area contributed by atoms with Crippen LogP contribution in [0.3, 0.4) is 0 Å². The summed E-state index contributed by atoms with van der Waals surface area (Å²) in [6.45, 7) is 4.74. The van der Waals surface area contributed by atoms with Gasteiger partial charge in [-0.1, -0.05) is 231 Å². The van der Waals surface area contributed by atoms with Crippen LogP contribution in [0.5, 0.6) is 0 Å². The molecule has 0 radical (unpaired) electrons. The van der Waals surface area contributed by atoms with Gasteiger partial charge in [0.15, 0.2) is 0 Å². The van der Waals surface area contributed by atoms with Gasteiger partial charge in [0.05, 0.1) is 39.9 Å². The van der Waals surface area contributed by atoms with E-state index < -0.39 is 20.0 Å². The van der Waals surface area contributed by atoms with Crippen LogP contribution >= 0.6 is 7.82 Å². The van der Waals surface area contributed by atoms with Crippen molar-refractivity contribution in [2.75, 3.05) is 40.9 Å². The topological polar surface area (TPSA) is 105 Å². The molecule has 0 saturated heterocycles. The summed E-state index contributed by atoms with van der Waals surface area (Å²) in [5.74, 6) is -0.195. The van der Waals surface area contributed by atoms with E-state index in [-0.39, 0.29) is 19.1 Å². The van der Waals surface area contributed by atoms with Crippen LogP contribution in [0, 0.1) is 0 Å². The second-order valence-electron chi connectivity index (χ2n) is 18.9. The van der Waals surface area contributed by atoms with Gasteiger partial charge in [-0.25, -0.2) is 4.57 Å². The number of nitrogens with zero attached hydrogens (tertiary/aromatic N) is 1. The van der Waals surface area contributed by atoms with Crippen molar-refractivity contribution in [2.45, 2.75) is 257 Å². The third kappa shape index (κ3) is 45.0. The van der Waals surface area contributed by atoms with E-state index in [0.717, 1.165) is 38.5 Å². The molecule has 0 heterocycles. The molecule has 60 heavy (non-hydrogen) atoms. The molecule has 356 valence electrons. The summed E-state index contributed by atoms with van der Waals surface area (Å²) in [4.78, 5) is 22.9. The van der Waals surface area contributed by atoms with Crippen molar-refractivity contribution < 1.29 is 32.9 Å². The average Bonchev–Trinajstić information content (AvgIpc) is 3.20. The monoisotopic (exact) mass is 870 g/mol. The number of phosphoric acid groups is 1. The lowest BCUT2D eigenvalue weighted by Gasteiger charge is -2.25. The van der Waals surface area contributed by atoms with E-state index >= 15 is 0 Å². The number of quaternary nitrogens is 1. The lowest BCUT2D eigenvalue weighted by molar-refractivity contribution is -0.870. The summed E-state index contributed by atoms with van der Waals surface area (Å²) in [6.07, 6.45) is 53.3. The largest absolute Gasteiger partial charge is 0.472 e. The van der Waals surface area contributed by atoms with Crippen LogP contribution in [0.2, 0.25) is 0 Å². The van der Waals surface area contributed by atoms with Crippen LogP contribution in [-0.4, -0.2) is 73.4 Å². The molecule has 0 aliphatic carbocycles. The first-order chi connectivity index (χ1) is 29.0. The van der Waals surface area contributed by atoms with E-state index in [0.29, 0.717) is 17.4 Å². The fraction of sp³-hybridized carbons (Fsp3) is 0.902. The molecule has 0 saturated carbocycles. The van der Waals surface area contributed by atoms with Gasteiger partial charge in [-0.05, 0) is 32.1 Å². The third-order valence-corrected chi connectivity index (χ3v) is 12.7. The molecule has 3 atom stereocenters. The fourth-order valence-corrected chi connectivity index (χ4v) is 8.32. The zero-order chi connectivity index (χ0) is 44.3. The minimum absolute atomic E-state index is 0.0575. The number of aliphatic hydroxyl groups excluding tert-OH is 1. The van der Waals surface area contributed by atoms with Gasteiger partial charge >= 0.3 is 7.82 Å². The van der Waals surface area contributed by atoms with Gasteiger partial charge in [-0.2, -0.15) is 0 Å². The first kappa shape index (κ1) is 59.0.